The van der Waals surface area contributed by atoms with Gasteiger partial charge in [-0.3, -0.25) is 9.59 Å². The maximum Gasteiger partial charge on any atom is 0.330 e. The lowest BCUT2D eigenvalue weighted by Crippen LogP contribution is -2.64. The lowest BCUT2D eigenvalue weighted by molar-refractivity contribution is -0.136. The lowest BCUT2D eigenvalue weighted by Gasteiger charge is -2.40. The molecule has 2 aliphatic heterocycles. The third-order valence-electron chi connectivity index (χ3n) is 4.46. The third-order valence-corrected chi connectivity index (χ3v) is 4.46. The largest absolute Gasteiger partial charge is 0.330 e. The Hall–Kier alpha value is -2.12. The van der Waals surface area contributed by atoms with Crippen LogP contribution in [0.5, 0.6) is 0 Å². The molecule has 0 unspecified atom stereocenters. The van der Waals surface area contributed by atoms with Gasteiger partial charge in [0.2, 0.25) is 5.91 Å². The topological polar surface area (TPSA) is 90.0 Å². The van der Waals surface area contributed by atoms with Gasteiger partial charge in [-0.25, -0.2) is 14.5 Å². The van der Waals surface area contributed by atoms with Crippen LogP contribution < -0.4 is 5.32 Å². The van der Waals surface area contributed by atoms with E-state index in [0.717, 1.165) is 4.90 Å². The summed E-state index contributed by atoms with van der Waals surface area (Å²) in [5.41, 5.74) is -2.22. The van der Waals surface area contributed by atoms with Crippen molar-refractivity contribution >= 4 is 23.8 Å². The van der Waals surface area contributed by atoms with Crippen LogP contribution in [0.15, 0.2) is 0 Å². The van der Waals surface area contributed by atoms with E-state index >= 15 is 0 Å². The second-order valence-electron chi connectivity index (χ2n) is 5.53. The highest BCUT2D eigenvalue weighted by Crippen LogP contribution is 2.44. The third kappa shape index (κ3) is 1.41. The number of urea groups is 2. The number of likely N-dealkylation sites (N-methyl/N-ethyl adjacent to an activating group) is 2. The van der Waals surface area contributed by atoms with Crippen LogP contribution in [0.4, 0.5) is 9.59 Å². The highest BCUT2D eigenvalue weighted by molar-refractivity contribution is 6.06. The Morgan fingerprint density at radius 3 is 2.20 bits per heavy atom. The zero-order chi connectivity index (χ0) is 15.5. The number of ketones is 1. The van der Waals surface area contributed by atoms with E-state index in [-0.39, 0.29) is 18.2 Å². The second-order valence-corrected chi connectivity index (χ2v) is 5.53. The van der Waals surface area contributed by atoms with Gasteiger partial charge in [-0.2, -0.15) is 0 Å². The first-order chi connectivity index (χ1) is 9.07. The molecule has 2 saturated heterocycles. The fraction of sp³-hybridized carbons (Fsp3) is 0.667. The molecule has 8 heteroatoms. The molecule has 110 valence electrons. The SMILES string of the molecule is CC(=O)[13CH2][13C](=O)N1C(=O)N(C)[C@]2(C)N(C)C(=O)N[C@]12C. The van der Waals surface area contributed by atoms with E-state index in [1.54, 1.807) is 20.9 Å². The summed E-state index contributed by atoms with van der Waals surface area (Å²) in [5, 5.41) is 2.67. The molecular weight excluding hydrogens is 266 g/mol. The number of amides is 5. The van der Waals surface area contributed by atoms with Crippen molar-refractivity contribution in [1.29, 1.82) is 0 Å². The fourth-order valence-electron chi connectivity index (χ4n) is 2.93. The van der Waals surface area contributed by atoms with Crippen molar-refractivity contribution in [1.82, 2.24) is 20.0 Å². The van der Waals surface area contributed by atoms with Gasteiger partial charge in [-0.1, -0.05) is 0 Å². The molecule has 5 amide bonds. The van der Waals surface area contributed by atoms with Crippen LogP contribution in [-0.2, 0) is 9.59 Å². The summed E-state index contributed by atoms with van der Waals surface area (Å²) in [6.07, 6.45) is -0.370. The normalized spacial score (nSPS) is 32.5. The van der Waals surface area contributed by atoms with Crippen molar-refractivity contribution < 1.29 is 19.2 Å². The highest BCUT2D eigenvalue weighted by Gasteiger charge is 2.70. The summed E-state index contributed by atoms with van der Waals surface area (Å²) in [6, 6.07) is -0.914. The van der Waals surface area contributed by atoms with Crippen LogP contribution in [0.1, 0.15) is 27.2 Å². The summed E-state index contributed by atoms with van der Waals surface area (Å²) in [6.45, 7) is 4.58. The number of hydrogen-bond acceptors (Lipinski definition) is 4. The first kappa shape index (κ1) is 14.3. The van der Waals surface area contributed by atoms with Gasteiger partial charge in [-0.15, -0.1) is 0 Å². The molecule has 0 aromatic rings. The molecule has 2 aliphatic rings. The van der Waals surface area contributed by atoms with E-state index in [4.69, 9.17) is 0 Å². The van der Waals surface area contributed by atoms with Crippen LogP contribution in [0.3, 0.4) is 0 Å². The molecule has 0 aromatic heterocycles. The van der Waals surface area contributed by atoms with E-state index in [1.165, 1.54) is 23.8 Å². The van der Waals surface area contributed by atoms with Gasteiger partial charge in [0.1, 0.15) is 5.78 Å². The zero-order valence-corrected chi connectivity index (χ0v) is 12.2. The second kappa shape index (κ2) is 3.94. The molecule has 2 heterocycles. The van der Waals surface area contributed by atoms with Gasteiger partial charge in [-0.05, 0) is 20.8 Å². The van der Waals surface area contributed by atoms with Crippen molar-refractivity contribution in [2.45, 2.75) is 38.5 Å². The van der Waals surface area contributed by atoms with Gasteiger partial charge in [0.25, 0.3) is 0 Å². The number of carbonyl (C=O) groups excluding carboxylic acids is 4. The highest BCUT2D eigenvalue weighted by atomic mass is 16.3. The Kier molecular flexibility index (Phi) is 2.81. The molecule has 0 spiro atoms. The summed E-state index contributed by atoms with van der Waals surface area (Å²) >= 11 is 0. The van der Waals surface area contributed by atoms with Crippen LogP contribution >= 0.6 is 0 Å². The molecule has 2 rings (SSSR count). The quantitative estimate of drug-likeness (QED) is 0.568. The van der Waals surface area contributed by atoms with E-state index in [0.29, 0.717) is 0 Å². The zero-order valence-electron chi connectivity index (χ0n) is 12.2. The van der Waals surface area contributed by atoms with Crippen LogP contribution in [0, 0.1) is 0 Å². The number of nitrogens with zero attached hydrogens (tertiary/aromatic N) is 3. The van der Waals surface area contributed by atoms with E-state index in [9.17, 15) is 19.2 Å². The van der Waals surface area contributed by atoms with Crippen molar-refractivity contribution in [2.24, 2.45) is 0 Å². The van der Waals surface area contributed by atoms with Crippen LogP contribution in [0.25, 0.3) is 0 Å². The van der Waals surface area contributed by atoms with Crippen molar-refractivity contribution in [3.05, 3.63) is 0 Å². The van der Waals surface area contributed by atoms with Crippen molar-refractivity contribution in [2.75, 3.05) is 14.1 Å². The van der Waals surface area contributed by atoms with Crippen molar-refractivity contribution in [3.63, 3.8) is 0 Å². The number of imide groups is 1. The van der Waals surface area contributed by atoms with Gasteiger partial charge in [0.15, 0.2) is 11.3 Å². The molecule has 20 heavy (non-hydrogen) atoms. The van der Waals surface area contributed by atoms with Crippen LogP contribution in [0.2, 0.25) is 0 Å². The first-order valence-corrected chi connectivity index (χ1v) is 6.23. The van der Waals surface area contributed by atoms with E-state index < -0.39 is 23.3 Å². The molecule has 0 bridgehead atoms. The predicted molar refractivity (Wildman–Crippen MR) is 68.4 cm³/mol. The number of rotatable bonds is 2. The Balaban J connectivity index is 2.50. The summed E-state index contributed by atoms with van der Waals surface area (Å²) in [4.78, 5) is 51.3. The molecular formula is C12H18N4O4. The smallest absolute Gasteiger partial charge is 0.311 e. The summed E-state index contributed by atoms with van der Waals surface area (Å²) in [5.74, 6) is -0.948. The molecule has 0 saturated carbocycles. The fourth-order valence-corrected chi connectivity index (χ4v) is 2.93. The molecule has 8 nitrogen and oxygen atoms in total. The Morgan fingerprint density at radius 1 is 1.15 bits per heavy atom. The number of fused-ring (bicyclic) bond motifs is 1. The molecule has 2 fully saturated rings. The van der Waals surface area contributed by atoms with Gasteiger partial charge < -0.3 is 15.1 Å². The Bertz CT molecular complexity index is 534. The number of nitrogens with one attached hydrogen (secondary N) is 1. The molecule has 2 atom stereocenters. The summed E-state index contributed by atoms with van der Waals surface area (Å²) < 4.78 is 0. The minimum absolute atomic E-state index is 0.333. The number of hydrogen-bond donors (Lipinski definition) is 1. The standard InChI is InChI=1S/C12H18N4O4/c1-7(17)6-8(18)16-10(20)15(5)12(3)11(16,2)13-9(19)14(12)4/h6H2,1-5H3,(H,13,19)/t11-,12+/m1/s1/i6+1,8+1. The summed E-state index contributed by atoms with van der Waals surface area (Å²) in [7, 11) is 3.09. The predicted octanol–water partition coefficient (Wildman–Crippen LogP) is -0.0531. The number of Topliss-reactive ketones (excluding diaryl/α,β-unsaturated/α-hetero) is 1. The minimum atomic E-state index is -1.21. The maximum atomic E-state index is 12.3. The Labute approximate surface area is 116 Å². The molecule has 0 aromatic carbocycles. The Morgan fingerprint density at radius 2 is 1.70 bits per heavy atom. The lowest BCUT2D eigenvalue weighted by atomic mass is 9.98. The van der Waals surface area contributed by atoms with Crippen LogP contribution in [-0.4, -0.2) is 63.9 Å². The maximum absolute atomic E-state index is 12.3. The van der Waals surface area contributed by atoms with E-state index in [1.807, 2.05) is 0 Å². The minimum Gasteiger partial charge on any atom is -0.311 e. The first-order valence-electron chi connectivity index (χ1n) is 6.23. The molecule has 0 radical (unpaired) electrons. The van der Waals surface area contributed by atoms with E-state index in [2.05, 4.69) is 5.32 Å². The molecule has 0 aliphatic carbocycles. The monoisotopic (exact) mass is 284 g/mol. The average Bonchev–Trinajstić information content (AvgIpc) is 2.58. The number of carbonyl (C=O) groups is 4. The molecule has 1 N–H and O–H groups in total. The van der Waals surface area contributed by atoms with Gasteiger partial charge >= 0.3 is 12.1 Å². The average molecular weight is 284 g/mol. The van der Waals surface area contributed by atoms with Gasteiger partial charge in [0, 0.05) is 14.1 Å². The van der Waals surface area contributed by atoms with Gasteiger partial charge in [0.05, 0.1) is 6.42 Å². The van der Waals surface area contributed by atoms with Crippen molar-refractivity contribution in [3.8, 4) is 0 Å².